The summed E-state index contributed by atoms with van der Waals surface area (Å²) in [7, 11) is 0. The molecule has 0 bridgehead atoms. The molecule has 1 aliphatic rings. The molecule has 0 aliphatic carbocycles. The average Bonchev–Trinajstić information content (AvgIpc) is 2.96. The Morgan fingerprint density at radius 2 is 2.07 bits per heavy atom. The van der Waals surface area contributed by atoms with E-state index < -0.39 is 6.04 Å². The van der Waals surface area contributed by atoms with Crippen LogP contribution >= 0.6 is 23.2 Å². The summed E-state index contributed by atoms with van der Waals surface area (Å²) >= 11 is 12.0. The van der Waals surface area contributed by atoms with Crippen LogP contribution in [0.1, 0.15) is 26.3 Å². The van der Waals surface area contributed by atoms with Gasteiger partial charge in [-0.1, -0.05) is 23.2 Å². The number of hydrogen-bond acceptors (Lipinski definition) is 4. The molecule has 0 unspecified atom stereocenters. The largest absolute Gasteiger partial charge is 0.492 e. The molecular formula is C20H22Cl2N2O3. The van der Waals surface area contributed by atoms with Gasteiger partial charge in [0.15, 0.2) is 0 Å². The lowest BCUT2D eigenvalue weighted by Gasteiger charge is -2.19. The summed E-state index contributed by atoms with van der Waals surface area (Å²) in [5.74, 6) is 1.30. The lowest BCUT2D eigenvalue weighted by molar-refractivity contribution is -0.116. The summed E-state index contributed by atoms with van der Waals surface area (Å²) in [4.78, 5) is 12.6. The predicted molar refractivity (Wildman–Crippen MR) is 110 cm³/mol. The Labute approximate surface area is 168 Å². The van der Waals surface area contributed by atoms with Crippen LogP contribution in [0.15, 0.2) is 30.3 Å². The van der Waals surface area contributed by atoms with Crippen molar-refractivity contribution in [3.8, 4) is 11.5 Å². The van der Waals surface area contributed by atoms with Crippen LogP contribution in [0.5, 0.6) is 11.5 Å². The average molecular weight is 409 g/mol. The van der Waals surface area contributed by atoms with Crippen LogP contribution in [-0.2, 0) is 11.2 Å². The monoisotopic (exact) mass is 408 g/mol. The minimum atomic E-state index is -0.521. The first-order valence-corrected chi connectivity index (χ1v) is 9.61. The normalized spacial score (nSPS) is 16.3. The molecule has 0 spiro atoms. The third-order valence-electron chi connectivity index (χ3n) is 4.25. The maximum Gasteiger partial charge on any atom is 0.246 e. The van der Waals surface area contributed by atoms with Crippen molar-refractivity contribution < 1.29 is 14.3 Å². The summed E-state index contributed by atoms with van der Waals surface area (Å²) in [5.41, 5.74) is 2.34. The fraction of sp³-hybridized carbons (Fsp3) is 0.350. The molecular weight excluding hydrogens is 387 g/mol. The van der Waals surface area contributed by atoms with E-state index in [1.54, 1.807) is 25.1 Å². The van der Waals surface area contributed by atoms with E-state index >= 15 is 0 Å². The highest BCUT2D eigenvalue weighted by atomic mass is 35.5. The van der Waals surface area contributed by atoms with Gasteiger partial charge in [-0.15, -0.1) is 0 Å². The zero-order valence-electron chi connectivity index (χ0n) is 15.4. The first-order valence-electron chi connectivity index (χ1n) is 8.86. The number of benzene rings is 2. The summed E-state index contributed by atoms with van der Waals surface area (Å²) in [5, 5.41) is 6.91. The van der Waals surface area contributed by atoms with Gasteiger partial charge in [0.05, 0.1) is 23.0 Å². The minimum Gasteiger partial charge on any atom is -0.492 e. The summed E-state index contributed by atoms with van der Waals surface area (Å²) in [6, 6.07) is 8.28. The Kier molecular flexibility index (Phi) is 6.02. The van der Waals surface area contributed by atoms with Gasteiger partial charge in [0.25, 0.3) is 0 Å². The SMILES string of the molecule is CCOc1cc2c(cc1N[C@@H](C)C(=O)Nc1ccc(Cl)cc1Cl)O[C@H](C)C2. The Morgan fingerprint density at radius 3 is 2.78 bits per heavy atom. The van der Waals surface area contributed by atoms with Crippen molar-refractivity contribution in [1.29, 1.82) is 0 Å². The molecule has 0 saturated carbocycles. The van der Waals surface area contributed by atoms with Gasteiger partial charge >= 0.3 is 0 Å². The standard InChI is InChI=1S/C20H22Cl2N2O3/c1-4-26-19-8-13-7-11(2)27-18(13)10-17(19)23-12(3)20(25)24-16-6-5-14(21)9-15(16)22/h5-6,8-12,23H,4,7H2,1-3H3,(H,24,25)/t11-,12+/m1/s1. The first kappa shape index (κ1) is 19.6. The van der Waals surface area contributed by atoms with Gasteiger partial charge in [-0.05, 0) is 45.0 Å². The molecule has 3 rings (SSSR count). The van der Waals surface area contributed by atoms with Crippen LogP contribution in [0.3, 0.4) is 0 Å². The highest BCUT2D eigenvalue weighted by Gasteiger charge is 2.23. The van der Waals surface area contributed by atoms with Crippen LogP contribution < -0.4 is 20.1 Å². The highest BCUT2D eigenvalue weighted by Crippen LogP contribution is 2.38. The van der Waals surface area contributed by atoms with E-state index in [1.807, 2.05) is 26.0 Å². The molecule has 1 aliphatic heterocycles. The Morgan fingerprint density at radius 1 is 1.30 bits per heavy atom. The van der Waals surface area contributed by atoms with Crippen molar-refractivity contribution >= 4 is 40.5 Å². The number of anilines is 2. The van der Waals surface area contributed by atoms with E-state index in [0.717, 1.165) is 23.4 Å². The lowest BCUT2D eigenvalue weighted by atomic mass is 10.1. The third-order valence-corrected chi connectivity index (χ3v) is 4.80. The third kappa shape index (κ3) is 4.60. The van der Waals surface area contributed by atoms with E-state index in [9.17, 15) is 4.79 Å². The Balaban J connectivity index is 1.75. The second-order valence-electron chi connectivity index (χ2n) is 6.50. The maximum atomic E-state index is 12.6. The van der Waals surface area contributed by atoms with Gasteiger partial charge in [0.1, 0.15) is 23.6 Å². The van der Waals surface area contributed by atoms with Gasteiger partial charge in [0.2, 0.25) is 5.91 Å². The zero-order valence-corrected chi connectivity index (χ0v) is 16.9. The molecule has 1 amide bonds. The molecule has 2 aromatic rings. The summed E-state index contributed by atoms with van der Waals surface area (Å²) < 4.78 is 11.6. The summed E-state index contributed by atoms with van der Waals surface area (Å²) in [6.07, 6.45) is 0.985. The van der Waals surface area contributed by atoms with Crippen LogP contribution in [0.2, 0.25) is 10.0 Å². The second-order valence-corrected chi connectivity index (χ2v) is 7.34. The zero-order chi connectivity index (χ0) is 19.6. The molecule has 1 heterocycles. The first-order chi connectivity index (χ1) is 12.9. The topological polar surface area (TPSA) is 59.6 Å². The predicted octanol–water partition coefficient (Wildman–Crippen LogP) is 5.15. The molecule has 27 heavy (non-hydrogen) atoms. The molecule has 0 saturated heterocycles. The molecule has 7 heteroatoms. The van der Waals surface area contributed by atoms with E-state index in [2.05, 4.69) is 10.6 Å². The smallest absolute Gasteiger partial charge is 0.246 e. The number of carbonyl (C=O) groups is 1. The van der Waals surface area contributed by atoms with E-state index in [4.69, 9.17) is 32.7 Å². The number of halogens is 2. The van der Waals surface area contributed by atoms with Crippen molar-refractivity contribution in [3.63, 3.8) is 0 Å². The second kappa shape index (κ2) is 8.28. The van der Waals surface area contributed by atoms with Crippen molar-refractivity contribution in [2.45, 2.75) is 39.3 Å². The minimum absolute atomic E-state index is 0.137. The number of nitrogens with one attached hydrogen (secondary N) is 2. The molecule has 0 radical (unpaired) electrons. The van der Waals surface area contributed by atoms with Crippen LogP contribution in [0.25, 0.3) is 0 Å². The molecule has 2 atom stereocenters. The van der Waals surface area contributed by atoms with Crippen molar-refractivity contribution in [2.75, 3.05) is 17.2 Å². The summed E-state index contributed by atoms with van der Waals surface area (Å²) in [6.45, 7) is 6.25. The van der Waals surface area contributed by atoms with Gasteiger partial charge in [-0.2, -0.15) is 0 Å². The number of rotatable bonds is 6. The van der Waals surface area contributed by atoms with Crippen LogP contribution in [0.4, 0.5) is 11.4 Å². The van der Waals surface area contributed by atoms with Crippen molar-refractivity contribution in [2.24, 2.45) is 0 Å². The van der Waals surface area contributed by atoms with Crippen molar-refractivity contribution in [3.05, 3.63) is 45.9 Å². The Bertz CT molecular complexity index is 857. The number of carbonyl (C=O) groups excluding carboxylic acids is 1. The van der Waals surface area contributed by atoms with Crippen LogP contribution in [-0.4, -0.2) is 24.7 Å². The highest BCUT2D eigenvalue weighted by molar-refractivity contribution is 6.36. The number of hydrogen-bond donors (Lipinski definition) is 2. The number of fused-ring (bicyclic) bond motifs is 1. The molecule has 144 valence electrons. The van der Waals surface area contributed by atoms with Gasteiger partial charge in [-0.3, -0.25) is 4.79 Å². The lowest BCUT2D eigenvalue weighted by Crippen LogP contribution is -2.32. The van der Waals surface area contributed by atoms with Crippen molar-refractivity contribution in [1.82, 2.24) is 0 Å². The molecule has 2 N–H and O–H groups in total. The van der Waals surface area contributed by atoms with E-state index in [-0.39, 0.29) is 12.0 Å². The fourth-order valence-corrected chi connectivity index (χ4v) is 3.41. The van der Waals surface area contributed by atoms with Gasteiger partial charge in [-0.25, -0.2) is 0 Å². The quantitative estimate of drug-likeness (QED) is 0.693. The molecule has 5 nitrogen and oxygen atoms in total. The Hall–Kier alpha value is -2.11. The van der Waals surface area contributed by atoms with E-state index in [0.29, 0.717) is 28.1 Å². The number of amides is 1. The fourth-order valence-electron chi connectivity index (χ4n) is 2.96. The van der Waals surface area contributed by atoms with Gasteiger partial charge in [0, 0.05) is 23.1 Å². The number of ether oxygens (including phenoxy) is 2. The van der Waals surface area contributed by atoms with Gasteiger partial charge < -0.3 is 20.1 Å². The molecule has 0 aromatic heterocycles. The molecule has 0 fully saturated rings. The molecule has 2 aromatic carbocycles. The van der Waals surface area contributed by atoms with E-state index in [1.165, 1.54) is 0 Å². The maximum absolute atomic E-state index is 12.6. The van der Waals surface area contributed by atoms with Crippen LogP contribution in [0, 0.1) is 0 Å².